The van der Waals surface area contributed by atoms with Crippen molar-refractivity contribution >= 4 is 39.2 Å². The van der Waals surface area contributed by atoms with Gasteiger partial charge in [-0.2, -0.15) is 0 Å². The topological polar surface area (TPSA) is 74.8 Å². The molecule has 1 aromatic carbocycles. The van der Waals surface area contributed by atoms with Crippen LogP contribution in [0.2, 0.25) is 0 Å². The SMILES string of the molecule is CCNC(=O)CSc1nc2sc(C)c(-c3ccccc3)c2c(=O)[nH]1. The van der Waals surface area contributed by atoms with Gasteiger partial charge in [-0.15, -0.1) is 11.3 Å². The van der Waals surface area contributed by atoms with Crippen LogP contribution in [0.5, 0.6) is 0 Å². The van der Waals surface area contributed by atoms with Crippen LogP contribution in [-0.2, 0) is 4.79 Å². The van der Waals surface area contributed by atoms with Crippen LogP contribution < -0.4 is 10.9 Å². The zero-order valence-electron chi connectivity index (χ0n) is 13.4. The first-order valence-corrected chi connectivity index (χ1v) is 9.38. The fourth-order valence-corrected chi connectivity index (χ4v) is 4.30. The van der Waals surface area contributed by atoms with Crippen LogP contribution in [0.1, 0.15) is 11.8 Å². The Morgan fingerprint density at radius 1 is 1.33 bits per heavy atom. The van der Waals surface area contributed by atoms with E-state index in [0.717, 1.165) is 16.0 Å². The summed E-state index contributed by atoms with van der Waals surface area (Å²) in [4.78, 5) is 33.2. The average Bonchev–Trinajstić information content (AvgIpc) is 2.90. The molecule has 24 heavy (non-hydrogen) atoms. The zero-order chi connectivity index (χ0) is 17.1. The standard InChI is InChI=1S/C17H17N3O2S2/c1-3-18-12(21)9-23-17-19-15(22)14-13(10(2)24-16(14)20-17)11-7-5-4-6-8-11/h4-8H,3,9H2,1-2H3,(H,18,21)(H,19,20,22). The van der Waals surface area contributed by atoms with Gasteiger partial charge in [0.2, 0.25) is 5.91 Å². The first kappa shape index (κ1) is 16.7. The molecule has 0 atom stereocenters. The van der Waals surface area contributed by atoms with Crippen molar-refractivity contribution in [3.8, 4) is 11.1 Å². The number of carbonyl (C=O) groups is 1. The summed E-state index contributed by atoms with van der Waals surface area (Å²) < 4.78 is 0. The van der Waals surface area contributed by atoms with Crippen molar-refractivity contribution in [3.63, 3.8) is 0 Å². The predicted molar refractivity (Wildman–Crippen MR) is 99.8 cm³/mol. The van der Waals surface area contributed by atoms with E-state index in [1.165, 1.54) is 23.1 Å². The number of hydrogen-bond donors (Lipinski definition) is 2. The third kappa shape index (κ3) is 3.37. The van der Waals surface area contributed by atoms with Crippen molar-refractivity contribution in [2.45, 2.75) is 19.0 Å². The molecule has 0 aliphatic rings. The van der Waals surface area contributed by atoms with Crippen LogP contribution in [-0.4, -0.2) is 28.2 Å². The first-order chi connectivity index (χ1) is 11.6. The first-order valence-electron chi connectivity index (χ1n) is 7.58. The zero-order valence-corrected chi connectivity index (χ0v) is 15.0. The third-order valence-corrected chi connectivity index (χ3v) is 5.37. The lowest BCUT2D eigenvalue weighted by atomic mass is 10.0. The highest BCUT2D eigenvalue weighted by atomic mass is 32.2. The van der Waals surface area contributed by atoms with Crippen LogP contribution in [0.4, 0.5) is 0 Å². The van der Waals surface area contributed by atoms with E-state index >= 15 is 0 Å². The van der Waals surface area contributed by atoms with Crippen LogP contribution in [0, 0.1) is 6.92 Å². The van der Waals surface area contributed by atoms with Crippen molar-refractivity contribution in [1.82, 2.24) is 15.3 Å². The third-order valence-electron chi connectivity index (χ3n) is 3.49. The molecule has 1 amide bonds. The second-order valence-electron chi connectivity index (χ2n) is 5.19. The normalized spacial score (nSPS) is 10.9. The molecule has 0 unspecified atom stereocenters. The molecule has 0 aliphatic carbocycles. The lowest BCUT2D eigenvalue weighted by Gasteiger charge is -2.03. The van der Waals surface area contributed by atoms with E-state index in [4.69, 9.17) is 0 Å². The minimum absolute atomic E-state index is 0.0717. The second kappa shape index (κ2) is 7.19. The van der Waals surface area contributed by atoms with Gasteiger partial charge in [-0.1, -0.05) is 42.1 Å². The molecule has 3 rings (SSSR count). The molecule has 2 aromatic heterocycles. The number of benzene rings is 1. The number of aromatic nitrogens is 2. The van der Waals surface area contributed by atoms with E-state index in [9.17, 15) is 9.59 Å². The Morgan fingerprint density at radius 2 is 2.08 bits per heavy atom. The van der Waals surface area contributed by atoms with Gasteiger partial charge < -0.3 is 10.3 Å². The summed E-state index contributed by atoms with van der Waals surface area (Å²) in [5, 5.41) is 3.81. The molecule has 2 N–H and O–H groups in total. The summed E-state index contributed by atoms with van der Waals surface area (Å²) in [6.45, 7) is 4.46. The van der Waals surface area contributed by atoms with Crippen molar-refractivity contribution < 1.29 is 4.79 Å². The molecule has 5 nitrogen and oxygen atoms in total. The fourth-order valence-electron chi connectivity index (χ4n) is 2.50. The Morgan fingerprint density at radius 3 is 2.79 bits per heavy atom. The van der Waals surface area contributed by atoms with Crippen molar-refractivity contribution in [1.29, 1.82) is 0 Å². The van der Waals surface area contributed by atoms with E-state index < -0.39 is 0 Å². The van der Waals surface area contributed by atoms with E-state index in [1.54, 1.807) is 0 Å². The molecule has 0 bridgehead atoms. The van der Waals surface area contributed by atoms with Gasteiger partial charge in [0.25, 0.3) is 5.56 Å². The number of thioether (sulfide) groups is 1. The monoisotopic (exact) mass is 359 g/mol. The molecule has 0 saturated carbocycles. The lowest BCUT2D eigenvalue weighted by molar-refractivity contribution is -0.118. The minimum atomic E-state index is -0.165. The van der Waals surface area contributed by atoms with Gasteiger partial charge in [-0.25, -0.2) is 4.98 Å². The van der Waals surface area contributed by atoms with Crippen LogP contribution in [0.25, 0.3) is 21.3 Å². The molecular weight excluding hydrogens is 342 g/mol. The number of aryl methyl sites for hydroxylation is 1. The molecule has 0 fully saturated rings. The lowest BCUT2D eigenvalue weighted by Crippen LogP contribution is -2.24. The largest absolute Gasteiger partial charge is 0.356 e. The van der Waals surface area contributed by atoms with Crippen LogP contribution in [0.15, 0.2) is 40.3 Å². The van der Waals surface area contributed by atoms with E-state index in [2.05, 4.69) is 15.3 Å². The Kier molecular flexibility index (Phi) is 5.01. The van der Waals surface area contributed by atoms with E-state index in [0.29, 0.717) is 21.9 Å². The molecule has 0 spiro atoms. The van der Waals surface area contributed by atoms with Crippen molar-refractivity contribution in [2.75, 3.05) is 12.3 Å². The summed E-state index contributed by atoms with van der Waals surface area (Å²) in [5.41, 5.74) is 1.78. The number of rotatable bonds is 5. The highest BCUT2D eigenvalue weighted by molar-refractivity contribution is 7.99. The highest BCUT2D eigenvalue weighted by Gasteiger charge is 2.16. The maximum atomic E-state index is 12.6. The number of nitrogens with zero attached hydrogens (tertiary/aromatic N) is 1. The molecule has 0 aliphatic heterocycles. The van der Waals surface area contributed by atoms with Gasteiger partial charge in [-0.3, -0.25) is 9.59 Å². The molecule has 0 radical (unpaired) electrons. The number of nitrogens with one attached hydrogen (secondary N) is 2. The quantitative estimate of drug-likeness (QED) is 0.542. The van der Waals surface area contributed by atoms with E-state index in [-0.39, 0.29) is 17.2 Å². The molecular formula is C17H17N3O2S2. The Bertz CT molecular complexity index is 932. The maximum absolute atomic E-state index is 12.6. The van der Waals surface area contributed by atoms with Gasteiger partial charge in [0.1, 0.15) is 4.83 Å². The summed E-state index contributed by atoms with van der Waals surface area (Å²) in [5.74, 6) is 0.163. The van der Waals surface area contributed by atoms with Gasteiger partial charge >= 0.3 is 0 Å². The second-order valence-corrected chi connectivity index (χ2v) is 7.36. The Hall–Kier alpha value is -2.12. The molecule has 124 valence electrons. The van der Waals surface area contributed by atoms with Crippen LogP contribution >= 0.6 is 23.1 Å². The number of fused-ring (bicyclic) bond motifs is 1. The predicted octanol–water partition coefficient (Wildman–Crippen LogP) is 3.19. The Labute approximate surface area is 147 Å². The van der Waals surface area contributed by atoms with Crippen molar-refractivity contribution in [2.24, 2.45) is 0 Å². The smallest absolute Gasteiger partial charge is 0.260 e. The minimum Gasteiger partial charge on any atom is -0.356 e. The number of thiophene rings is 1. The molecule has 7 heteroatoms. The van der Waals surface area contributed by atoms with Crippen LogP contribution in [0.3, 0.4) is 0 Å². The van der Waals surface area contributed by atoms with Gasteiger partial charge in [0.05, 0.1) is 11.1 Å². The van der Waals surface area contributed by atoms with Gasteiger partial charge in [-0.05, 0) is 19.4 Å². The number of carbonyl (C=O) groups excluding carboxylic acids is 1. The van der Waals surface area contributed by atoms with E-state index in [1.807, 2.05) is 44.2 Å². The number of hydrogen-bond acceptors (Lipinski definition) is 5. The van der Waals surface area contributed by atoms with Gasteiger partial charge in [0, 0.05) is 17.0 Å². The molecule has 2 heterocycles. The number of aromatic amines is 1. The van der Waals surface area contributed by atoms with Gasteiger partial charge in [0.15, 0.2) is 5.16 Å². The summed E-state index contributed by atoms with van der Waals surface area (Å²) in [6.07, 6.45) is 0. The Balaban J connectivity index is 1.99. The number of H-pyrrole nitrogens is 1. The average molecular weight is 359 g/mol. The maximum Gasteiger partial charge on any atom is 0.260 e. The highest BCUT2D eigenvalue weighted by Crippen LogP contribution is 2.35. The summed E-state index contributed by atoms with van der Waals surface area (Å²) in [6, 6.07) is 9.84. The summed E-state index contributed by atoms with van der Waals surface area (Å²) >= 11 is 2.74. The fraction of sp³-hybridized carbons (Fsp3) is 0.235. The number of amides is 1. The van der Waals surface area contributed by atoms with Crippen molar-refractivity contribution in [3.05, 3.63) is 45.6 Å². The molecule has 3 aromatic rings. The molecule has 0 saturated heterocycles. The summed E-state index contributed by atoms with van der Waals surface area (Å²) in [7, 11) is 0.